The zero-order valence-electron chi connectivity index (χ0n) is 23.4. The number of piperazine rings is 1. The van der Waals surface area contributed by atoms with E-state index in [4.69, 9.17) is 14.7 Å². The molecule has 0 spiro atoms. The van der Waals surface area contributed by atoms with Gasteiger partial charge in [0.05, 0.1) is 12.2 Å². The third kappa shape index (κ3) is 5.10. The molecule has 210 valence electrons. The minimum atomic E-state index is -0.913. The number of carbonyl (C=O) groups is 1. The van der Waals surface area contributed by atoms with E-state index < -0.39 is 11.7 Å². The van der Waals surface area contributed by atoms with Gasteiger partial charge in [-0.2, -0.15) is 9.97 Å². The first-order valence-corrected chi connectivity index (χ1v) is 14.2. The Labute approximate surface area is 235 Å². The molecule has 0 bridgehead atoms. The van der Waals surface area contributed by atoms with E-state index in [-0.39, 0.29) is 0 Å². The van der Waals surface area contributed by atoms with E-state index in [0.29, 0.717) is 51.4 Å². The number of fused-ring (bicyclic) bond motifs is 2. The number of halogens is 1. The molecule has 0 N–H and O–H groups in total. The first-order chi connectivity index (χ1) is 19.4. The number of amides is 1. The molecule has 0 saturated carbocycles. The van der Waals surface area contributed by atoms with Crippen molar-refractivity contribution in [3.05, 3.63) is 65.6 Å². The molecule has 4 heterocycles. The summed E-state index contributed by atoms with van der Waals surface area (Å²) in [6.07, 6.45) is 3.09. The number of benzene rings is 2. The van der Waals surface area contributed by atoms with Gasteiger partial charge in [-0.1, -0.05) is 36.9 Å². The van der Waals surface area contributed by atoms with E-state index >= 15 is 0 Å². The smallest absolute Gasteiger partial charge is 0.318 e. The van der Waals surface area contributed by atoms with Crippen LogP contribution >= 0.6 is 0 Å². The fraction of sp³-hybridized carbons (Fsp3) is 0.452. The van der Waals surface area contributed by atoms with E-state index in [0.717, 1.165) is 43.0 Å². The molecular formula is C31H37FN6O2. The van der Waals surface area contributed by atoms with Crippen LogP contribution < -0.4 is 14.5 Å². The number of ether oxygens (including phenoxy) is 1. The number of likely N-dealkylation sites (N-methyl/N-ethyl adjacent to an activating group) is 1. The third-order valence-corrected chi connectivity index (χ3v) is 8.63. The lowest BCUT2D eigenvalue weighted by Crippen LogP contribution is -2.49. The zero-order chi connectivity index (χ0) is 27.8. The first-order valence-electron chi connectivity index (χ1n) is 14.2. The predicted octanol–water partition coefficient (Wildman–Crippen LogP) is 4.11. The Morgan fingerprint density at radius 1 is 1.05 bits per heavy atom. The average Bonchev–Trinajstić information content (AvgIpc) is 3.39. The quantitative estimate of drug-likeness (QED) is 0.433. The van der Waals surface area contributed by atoms with Crippen molar-refractivity contribution < 1.29 is 13.9 Å². The molecule has 2 fully saturated rings. The fourth-order valence-corrected chi connectivity index (χ4v) is 6.34. The van der Waals surface area contributed by atoms with Crippen molar-refractivity contribution in [1.82, 2.24) is 19.8 Å². The molecule has 2 aromatic carbocycles. The largest absolute Gasteiger partial charge is 0.462 e. The molecule has 0 radical (unpaired) electrons. The van der Waals surface area contributed by atoms with E-state index in [9.17, 15) is 9.18 Å². The van der Waals surface area contributed by atoms with Crippen molar-refractivity contribution in [2.24, 2.45) is 0 Å². The van der Waals surface area contributed by atoms with Gasteiger partial charge in [-0.3, -0.25) is 4.79 Å². The van der Waals surface area contributed by atoms with Crippen LogP contribution in [0.4, 0.5) is 15.9 Å². The zero-order valence-corrected chi connectivity index (χ0v) is 23.4. The molecule has 1 aromatic heterocycles. The number of rotatable bonds is 6. The average molecular weight is 545 g/mol. The van der Waals surface area contributed by atoms with Crippen LogP contribution in [-0.4, -0.2) is 84.6 Å². The Morgan fingerprint density at radius 3 is 2.55 bits per heavy atom. The number of carbonyl (C=O) groups excluding carboxylic acids is 1. The van der Waals surface area contributed by atoms with Gasteiger partial charge < -0.3 is 24.3 Å². The molecule has 3 aliphatic rings. The number of aromatic nitrogens is 2. The van der Waals surface area contributed by atoms with Crippen molar-refractivity contribution in [2.45, 2.75) is 38.8 Å². The standard InChI is InChI=1S/C31H37FN6O2/c1-21-7-4-8-23-9-5-11-27(28(21)23)38-14-12-25-26(19-38)33-31(40-20-24-10-6-13-35(24)3)34-29(25)36-15-17-37(18-16-36)30(39)22(2)32/h4-5,7-9,11,24H,2,6,10,12-20H2,1,3H3/t24-/m1/s1. The van der Waals surface area contributed by atoms with Crippen LogP contribution in [0.25, 0.3) is 10.8 Å². The minimum Gasteiger partial charge on any atom is -0.462 e. The van der Waals surface area contributed by atoms with Crippen molar-refractivity contribution in [3.63, 3.8) is 0 Å². The van der Waals surface area contributed by atoms with Crippen LogP contribution in [0.2, 0.25) is 0 Å². The van der Waals surface area contributed by atoms with Crippen LogP contribution in [-0.2, 0) is 17.8 Å². The molecule has 3 aliphatic heterocycles. The molecule has 1 atom stereocenters. The Bertz CT molecular complexity index is 1430. The summed E-state index contributed by atoms with van der Waals surface area (Å²) in [5.41, 5.74) is 4.59. The maximum absolute atomic E-state index is 13.5. The molecule has 9 heteroatoms. The van der Waals surface area contributed by atoms with E-state index in [1.807, 2.05) is 0 Å². The molecule has 0 unspecified atom stereocenters. The van der Waals surface area contributed by atoms with Crippen molar-refractivity contribution in [2.75, 3.05) is 62.7 Å². The van der Waals surface area contributed by atoms with Crippen molar-refractivity contribution in [1.29, 1.82) is 0 Å². The summed E-state index contributed by atoms with van der Waals surface area (Å²) in [6.45, 7) is 10.5. The van der Waals surface area contributed by atoms with Gasteiger partial charge in [0.1, 0.15) is 12.4 Å². The monoisotopic (exact) mass is 544 g/mol. The second-order valence-corrected chi connectivity index (χ2v) is 11.1. The summed E-state index contributed by atoms with van der Waals surface area (Å²) in [7, 11) is 2.14. The number of nitrogens with zero attached hydrogens (tertiary/aromatic N) is 6. The lowest BCUT2D eigenvalue weighted by molar-refractivity contribution is -0.128. The highest BCUT2D eigenvalue weighted by Crippen LogP contribution is 2.35. The highest BCUT2D eigenvalue weighted by molar-refractivity contribution is 5.97. The maximum Gasteiger partial charge on any atom is 0.318 e. The summed E-state index contributed by atoms with van der Waals surface area (Å²) in [6, 6.07) is 13.7. The first kappa shape index (κ1) is 26.5. The molecule has 3 aromatic rings. The Kier molecular flexibility index (Phi) is 7.31. The van der Waals surface area contributed by atoms with E-state index in [2.05, 4.69) is 71.6 Å². The van der Waals surface area contributed by atoms with Gasteiger partial charge >= 0.3 is 6.01 Å². The van der Waals surface area contributed by atoms with Crippen molar-refractivity contribution in [3.8, 4) is 6.01 Å². The van der Waals surface area contributed by atoms with Gasteiger partial charge in [0.25, 0.3) is 5.91 Å². The van der Waals surface area contributed by atoms with Crippen LogP contribution in [0.3, 0.4) is 0 Å². The van der Waals surface area contributed by atoms with Crippen LogP contribution in [0, 0.1) is 6.92 Å². The fourth-order valence-electron chi connectivity index (χ4n) is 6.34. The Morgan fingerprint density at radius 2 is 1.82 bits per heavy atom. The molecule has 40 heavy (non-hydrogen) atoms. The normalized spacial score (nSPS) is 19.7. The van der Waals surface area contributed by atoms with Gasteiger partial charge in [0, 0.05) is 55.4 Å². The second kappa shape index (κ2) is 11.0. The molecule has 6 rings (SSSR count). The van der Waals surface area contributed by atoms with Crippen LogP contribution in [0.1, 0.15) is 29.7 Å². The molecular weight excluding hydrogens is 507 g/mol. The number of hydrogen-bond acceptors (Lipinski definition) is 7. The third-order valence-electron chi connectivity index (χ3n) is 8.63. The van der Waals surface area contributed by atoms with Gasteiger partial charge in [0.2, 0.25) is 0 Å². The molecule has 1 amide bonds. The number of aryl methyl sites for hydroxylation is 1. The maximum atomic E-state index is 13.5. The van der Waals surface area contributed by atoms with E-state index in [1.165, 1.54) is 33.3 Å². The van der Waals surface area contributed by atoms with Gasteiger partial charge in [-0.05, 0) is 56.8 Å². The van der Waals surface area contributed by atoms with Crippen LogP contribution in [0.15, 0.2) is 48.8 Å². The molecule has 2 saturated heterocycles. The summed E-state index contributed by atoms with van der Waals surface area (Å²) in [5, 5.41) is 2.51. The van der Waals surface area contributed by atoms with E-state index in [1.54, 1.807) is 0 Å². The Hall–Kier alpha value is -3.72. The van der Waals surface area contributed by atoms with Crippen LogP contribution in [0.5, 0.6) is 6.01 Å². The van der Waals surface area contributed by atoms with Gasteiger partial charge in [-0.25, -0.2) is 4.39 Å². The Balaban J connectivity index is 1.30. The lowest BCUT2D eigenvalue weighted by atomic mass is 9.99. The predicted molar refractivity (Wildman–Crippen MR) is 156 cm³/mol. The molecule has 8 nitrogen and oxygen atoms in total. The van der Waals surface area contributed by atoms with Gasteiger partial charge in [-0.15, -0.1) is 0 Å². The minimum absolute atomic E-state index is 0.363. The molecule has 0 aliphatic carbocycles. The highest BCUT2D eigenvalue weighted by Gasteiger charge is 2.30. The number of likely N-dealkylation sites (tertiary alicyclic amines) is 1. The number of hydrogen-bond donors (Lipinski definition) is 0. The lowest BCUT2D eigenvalue weighted by Gasteiger charge is -2.38. The van der Waals surface area contributed by atoms with Crippen molar-refractivity contribution >= 4 is 28.2 Å². The summed E-state index contributed by atoms with van der Waals surface area (Å²) >= 11 is 0. The summed E-state index contributed by atoms with van der Waals surface area (Å²) in [5.74, 6) is -0.668. The number of anilines is 2. The van der Waals surface area contributed by atoms with Gasteiger partial charge in [0.15, 0.2) is 5.83 Å². The topological polar surface area (TPSA) is 65.0 Å². The second-order valence-electron chi connectivity index (χ2n) is 11.1. The SMILES string of the molecule is C=C(F)C(=O)N1CCN(c2nc(OC[C@H]3CCCN3C)nc3c2CCN(c2cccc4cccc(C)c24)C3)CC1. The highest BCUT2D eigenvalue weighted by atomic mass is 19.1. The summed E-state index contributed by atoms with van der Waals surface area (Å²) < 4.78 is 19.7. The summed E-state index contributed by atoms with van der Waals surface area (Å²) in [4.78, 5) is 30.5.